The topological polar surface area (TPSA) is 63.6 Å². The zero-order valence-corrected chi connectivity index (χ0v) is 21.7. The van der Waals surface area contributed by atoms with Gasteiger partial charge in [0, 0.05) is 28.6 Å². The van der Waals surface area contributed by atoms with E-state index < -0.39 is 0 Å². The lowest BCUT2D eigenvalue weighted by molar-refractivity contribution is 0.616. The number of rotatable bonds is 4. The number of benzene rings is 3. The highest BCUT2D eigenvalue weighted by atomic mass is 79.9. The SMILES string of the molecule is Cc1cc(N2CCCC2)c(C)cc1C=Nn1c(-c2cc3cc(Br)ccc3o2)nc2ccccc2c1=O. The second kappa shape index (κ2) is 9.06. The molecule has 0 amide bonds. The van der Waals surface area contributed by atoms with Crippen molar-refractivity contribution in [2.45, 2.75) is 26.7 Å². The van der Waals surface area contributed by atoms with Gasteiger partial charge in [-0.05, 0) is 91.9 Å². The van der Waals surface area contributed by atoms with E-state index in [9.17, 15) is 4.79 Å². The number of anilines is 1. The van der Waals surface area contributed by atoms with Crippen molar-refractivity contribution in [1.82, 2.24) is 9.66 Å². The molecule has 5 aromatic rings. The van der Waals surface area contributed by atoms with Crippen molar-refractivity contribution in [3.63, 3.8) is 0 Å². The molecule has 0 aliphatic carbocycles. The van der Waals surface area contributed by atoms with Crippen molar-refractivity contribution >= 4 is 49.7 Å². The Morgan fingerprint density at radius 3 is 2.64 bits per heavy atom. The molecule has 0 spiro atoms. The van der Waals surface area contributed by atoms with E-state index >= 15 is 0 Å². The second-order valence-electron chi connectivity index (χ2n) is 9.30. The summed E-state index contributed by atoms with van der Waals surface area (Å²) in [6, 6.07) is 19.4. The number of hydrogen-bond donors (Lipinski definition) is 0. The van der Waals surface area contributed by atoms with Crippen LogP contribution in [0.15, 0.2) is 79.4 Å². The minimum atomic E-state index is -0.239. The highest BCUT2D eigenvalue weighted by molar-refractivity contribution is 9.10. The summed E-state index contributed by atoms with van der Waals surface area (Å²) in [4.78, 5) is 20.8. The summed E-state index contributed by atoms with van der Waals surface area (Å²) in [7, 11) is 0. The lowest BCUT2D eigenvalue weighted by Crippen LogP contribution is -2.20. The molecule has 0 bridgehead atoms. The van der Waals surface area contributed by atoms with E-state index in [2.05, 4.69) is 51.9 Å². The zero-order chi connectivity index (χ0) is 24.8. The van der Waals surface area contributed by atoms with Gasteiger partial charge in [-0.15, -0.1) is 0 Å². The van der Waals surface area contributed by atoms with Gasteiger partial charge in [0.25, 0.3) is 5.56 Å². The van der Waals surface area contributed by atoms with E-state index in [0.717, 1.165) is 39.7 Å². The van der Waals surface area contributed by atoms with Crippen LogP contribution in [0.2, 0.25) is 0 Å². The Bertz CT molecular complexity index is 1710. The van der Waals surface area contributed by atoms with E-state index in [4.69, 9.17) is 9.40 Å². The molecular weight excluding hydrogens is 516 g/mol. The van der Waals surface area contributed by atoms with Crippen LogP contribution in [0.25, 0.3) is 33.5 Å². The van der Waals surface area contributed by atoms with Crippen LogP contribution < -0.4 is 10.5 Å². The van der Waals surface area contributed by atoms with Gasteiger partial charge in [0.15, 0.2) is 5.76 Å². The number of furan rings is 1. The average molecular weight is 541 g/mol. The van der Waals surface area contributed by atoms with Crippen molar-refractivity contribution in [3.05, 3.63) is 92.2 Å². The summed E-state index contributed by atoms with van der Waals surface area (Å²) in [6.07, 6.45) is 4.22. The molecular formula is C29H25BrN4O2. The van der Waals surface area contributed by atoms with Gasteiger partial charge >= 0.3 is 0 Å². The van der Waals surface area contributed by atoms with Crippen LogP contribution in [0.4, 0.5) is 5.69 Å². The number of hydrogen-bond acceptors (Lipinski definition) is 5. The average Bonchev–Trinajstić information content (AvgIpc) is 3.55. The lowest BCUT2D eigenvalue weighted by atomic mass is 10.0. The highest BCUT2D eigenvalue weighted by Gasteiger charge is 2.18. The van der Waals surface area contributed by atoms with Crippen LogP contribution in [0.5, 0.6) is 0 Å². The molecule has 6 nitrogen and oxygen atoms in total. The first kappa shape index (κ1) is 22.7. The molecule has 0 unspecified atom stereocenters. The summed E-state index contributed by atoms with van der Waals surface area (Å²) < 4.78 is 8.40. The molecule has 36 heavy (non-hydrogen) atoms. The first-order valence-electron chi connectivity index (χ1n) is 12.1. The van der Waals surface area contributed by atoms with Crippen LogP contribution in [-0.4, -0.2) is 29.0 Å². The Labute approximate surface area is 217 Å². The maximum absolute atomic E-state index is 13.5. The minimum absolute atomic E-state index is 0.239. The fourth-order valence-electron chi connectivity index (χ4n) is 4.90. The monoisotopic (exact) mass is 540 g/mol. The Morgan fingerprint density at radius 1 is 1.00 bits per heavy atom. The van der Waals surface area contributed by atoms with Gasteiger partial charge in [0.1, 0.15) is 5.58 Å². The van der Waals surface area contributed by atoms with Gasteiger partial charge < -0.3 is 9.32 Å². The molecule has 1 aliphatic rings. The number of nitrogens with zero attached hydrogens (tertiary/aromatic N) is 4. The molecule has 1 fully saturated rings. The molecule has 0 atom stereocenters. The zero-order valence-electron chi connectivity index (χ0n) is 20.2. The molecule has 3 aromatic carbocycles. The van der Waals surface area contributed by atoms with Crippen molar-refractivity contribution in [3.8, 4) is 11.6 Å². The number of aromatic nitrogens is 2. The van der Waals surface area contributed by atoms with Crippen LogP contribution in [-0.2, 0) is 0 Å². The fourth-order valence-corrected chi connectivity index (χ4v) is 5.27. The number of halogens is 1. The normalized spacial score (nSPS) is 14.0. The van der Waals surface area contributed by atoms with E-state index in [1.807, 2.05) is 42.5 Å². The Hall–Kier alpha value is -3.71. The maximum Gasteiger partial charge on any atom is 0.282 e. The van der Waals surface area contributed by atoms with Crippen molar-refractivity contribution in [2.24, 2.45) is 5.10 Å². The third-order valence-electron chi connectivity index (χ3n) is 6.80. The molecule has 0 N–H and O–H groups in total. The fraction of sp³-hybridized carbons (Fsp3) is 0.207. The first-order valence-corrected chi connectivity index (χ1v) is 12.9. The minimum Gasteiger partial charge on any atom is -0.453 e. The highest BCUT2D eigenvalue weighted by Crippen LogP contribution is 2.30. The molecule has 2 aromatic heterocycles. The van der Waals surface area contributed by atoms with E-state index in [0.29, 0.717) is 22.5 Å². The number of para-hydroxylation sites is 1. The molecule has 180 valence electrons. The summed E-state index contributed by atoms with van der Waals surface area (Å²) in [5, 5.41) is 6.08. The van der Waals surface area contributed by atoms with E-state index in [1.165, 1.54) is 28.8 Å². The number of fused-ring (bicyclic) bond motifs is 2. The van der Waals surface area contributed by atoms with Gasteiger partial charge in [-0.25, -0.2) is 4.98 Å². The third-order valence-corrected chi connectivity index (χ3v) is 7.29. The Morgan fingerprint density at radius 2 is 1.81 bits per heavy atom. The van der Waals surface area contributed by atoms with E-state index in [-0.39, 0.29) is 5.56 Å². The summed E-state index contributed by atoms with van der Waals surface area (Å²) in [6.45, 7) is 6.42. The second-order valence-corrected chi connectivity index (χ2v) is 10.2. The summed E-state index contributed by atoms with van der Waals surface area (Å²) >= 11 is 3.51. The lowest BCUT2D eigenvalue weighted by Gasteiger charge is -2.21. The maximum atomic E-state index is 13.5. The molecule has 1 saturated heterocycles. The van der Waals surface area contributed by atoms with Crippen molar-refractivity contribution in [2.75, 3.05) is 18.0 Å². The predicted octanol–water partition coefficient (Wildman–Crippen LogP) is 6.67. The first-order chi connectivity index (χ1) is 17.5. The molecule has 1 aliphatic heterocycles. The smallest absolute Gasteiger partial charge is 0.282 e. The third kappa shape index (κ3) is 4.03. The van der Waals surface area contributed by atoms with Crippen LogP contribution >= 0.6 is 15.9 Å². The molecule has 0 saturated carbocycles. The molecule has 0 radical (unpaired) electrons. The van der Waals surface area contributed by atoms with Gasteiger partial charge in [0.05, 0.1) is 17.1 Å². The predicted molar refractivity (Wildman–Crippen MR) is 149 cm³/mol. The van der Waals surface area contributed by atoms with E-state index in [1.54, 1.807) is 12.3 Å². The van der Waals surface area contributed by atoms with Gasteiger partial charge in [-0.2, -0.15) is 9.78 Å². The Balaban J connectivity index is 1.49. The number of aryl methyl sites for hydroxylation is 2. The Kier molecular flexibility index (Phi) is 5.72. The van der Waals surface area contributed by atoms with Crippen molar-refractivity contribution in [1.29, 1.82) is 0 Å². The van der Waals surface area contributed by atoms with Crippen LogP contribution in [0, 0.1) is 13.8 Å². The molecule has 3 heterocycles. The van der Waals surface area contributed by atoms with Gasteiger partial charge in [-0.3, -0.25) is 4.79 Å². The van der Waals surface area contributed by atoms with Crippen LogP contribution in [0.3, 0.4) is 0 Å². The quantitative estimate of drug-likeness (QED) is 0.239. The molecule has 7 heteroatoms. The summed E-state index contributed by atoms with van der Waals surface area (Å²) in [5.41, 5.74) is 5.65. The van der Waals surface area contributed by atoms with Crippen LogP contribution in [0.1, 0.15) is 29.5 Å². The largest absolute Gasteiger partial charge is 0.453 e. The summed E-state index contributed by atoms with van der Waals surface area (Å²) in [5.74, 6) is 0.853. The standard InChI is InChI=1S/C29H25BrN4O2/c1-18-14-25(33-11-5-6-12-33)19(2)13-21(18)17-31-34-28(32-24-8-4-3-7-23(24)29(34)35)27-16-20-15-22(30)9-10-26(20)36-27/h3-4,7-10,13-17H,5-6,11-12H2,1-2H3. The van der Waals surface area contributed by atoms with Crippen molar-refractivity contribution < 1.29 is 4.42 Å². The molecule has 6 rings (SSSR count). The van der Waals surface area contributed by atoms with Gasteiger partial charge in [-0.1, -0.05) is 28.1 Å². The van der Waals surface area contributed by atoms with Gasteiger partial charge in [0.2, 0.25) is 5.82 Å².